The van der Waals surface area contributed by atoms with Crippen molar-refractivity contribution >= 4 is 29.0 Å². The minimum Gasteiger partial charge on any atom is -0.492 e. The Morgan fingerprint density at radius 2 is 2.05 bits per heavy atom. The zero-order chi connectivity index (χ0) is 14.3. The van der Waals surface area contributed by atoms with Gasteiger partial charge in [0.25, 0.3) is 0 Å². The van der Waals surface area contributed by atoms with Crippen LogP contribution in [0.15, 0.2) is 24.3 Å². The first-order valence-electron chi connectivity index (χ1n) is 6.26. The highest BCUT2D eigenvalue weighted by Gasteiger charge is 2.07. The molecule has 1 aromatic carbocycles. The van der Waals surface area contributed by atoms with Gasteiger partial charge < -0.3 is 10.5 Å². The molecule has 0 aliphatic rings. The van der Waals surface area contributed by atoms with Gasteiger partial charge in [-0.05, 0) is 44.5 Å². The van der Waals surface area contributed by atoms with Crippen LogP contribution in [0.2, 0.25) is 0 Å². The Kier molecular flexibility index (Phi) is 7.20. The molecule has 1 rings (SSSR count). The molecule has 19 heavy (non-hydrogen) atoms. The van der Waals surface area contributed by atoms with Crippen molar-refractivity contribution in [1.29, 1.82) is 0 Å². The SMILES string of the molecule is CSCC(C)N(C)CCOc1ccc(C(N)=S)cc1. The summed E-state index contributed by atoms with van der Waals surface area (Å²) in [5, 5.41) is 0. The fraction of sp³-hybridized carbons (Fsp3) is 0.500. The maximum atomic E-state index is 5.71. The molecule has 0 amide bonds. The summed E-state index contributed by atoms with van der Waals surface area (Å²) in [5.74, 6) is 1.99. The molecule has 0 aliphatic carbocycles. The van der Waals surface area contributed by atoms with Crippen LogP contribution in [0.25, 0.3) is 0 Å². The molecule has 0 aromatic heterocycles. The summed E-state index contributed by atoms with van der Waals surface area (Å²) in [6.45, 7) is 3.83. The van der Waals surface area contributed by atoms with Crippen molar-refractivity contribution in [2.45, 2.75) is 13.0 Å². The van der Waals surface area contributed by atoms with Crippen molar-refractivity contribution in [1.82, 2.24) is 4.90 Å². The predicted octanol–water partition coefficient (Wildman–Crippen LogP) is 2.38. The molecule has 1 atom stereocenters. The van der Waals surface area contributed by atoms with Gasteiger partial charge in [0.15, 0.2) is 0 Å². The van der Waals surface area contributed by atoms with E-state index in [0.717, 1.165) is 23.6 Å². The Morgan fingerprint density at radius 3 is 2.58 bits per heavy atom. The first kappa shape index (κ1) is 16.3. The van der Waals surface area contributed by atoms with E-state index in [1.807, 2.05) is 36.0 Å². The van der Waals surface area contributed by atoms with E-state index in [0.29, 0.717) is 17.6 Å². The predicted molar refractivity (Wildman–Crippen MR) is 88.3 cm³/mol. The van der Waals surface area contributed by atoms with Crippen LogP contribution in [0, 0.1) is 0 Å². The van der Waals surface area contributed by atoms with Gasteiger partial charge in [0.2, 0.25) is 0 Å². The summed E-state index contributed by atoms with van der Waals surface area (Å²) in [7, 11) is 2.13. The highest BCUT2D eigenvalue weighted by Crippen LogP contribution is 2.12. The van der Waals surface area contributed by atoms with Gasteiger partial charge in [0.05, 0.1) is 0 Å². The van der Waals surface area contributed by atoms with Gasteiger partial charge in [-0.3, -0.25) is 4.90 Å². The molecule has 0 fully saturated rings. The minimum absolute atomic E-state index is 0.414. The number of thiocarbonyl (C=S) groups is 1. The van der Waals surface area contributed by atoms with E-state index in [2.05, 4.69) is 25.1 Å². The quantitative estimate of drug-likeness (QED) is 0.746. The zero-order valence-electron chi connectivity index (χ0n) is 11.8. The molecule has 5 heteroatoms. The third kappa shape index (κ3) is 5.80. The lowest BCUT2D eigenvalue weighted by Crippen LogP contribution is -2.34. The lowest BCUT2D eigenvalue weighted by Gasteiger charge is -2.23. The summed E-state index contributed by atoms with van der Waals surface area (Å²) in [6, 6.07) is 8.14. The second-order valence-electron chi connectivity index (χ2n) is 4.52. The Balaban J connectivity index is 2.34. The number of ether oxygens (including phenoxy) is 1. The van der Waals surface area contributed by atoms with Crippen molar-refractivity contribution in [2.75, 3.05) is 32.2 Å². The Hall–Kier alpha value is -0.780. The Bertz CT molecular complexity index is 395. The molecule has 0 aliphatic heterocycles. The van der Waals surface area contributed by atoms with Crippen molar-refractivity contribution in [3.8, 4) is 5.75 Å². The molecule has 2 N–H and O–H groups in total. The van der Waals surface area contributed by atoms with Crippen LogP contribution in [0.1, 0.15) is 12.5 Å². The van der Waals surface area contributed by atoms with Crippen LogP contribution in [0.5, 0.6) is 5.75 Å². The third-order valence-corrected chi connectivity index (χ3v) is 4.06. The molecule has 0 saturated heterocycles. The first-order chi connectivity index (χ1) is 9.04. The molecule has 1 aromatic rings. The van der Waals surface area contributed by atoms with Crippen LogP contribution >= 0.6 is 24.0 Å². The van der Waals surface area contributed by atoms with E-state index in [1.165, 1.54) is 0 Å². The normalized spacial score (nSPS) is 12.4. The van der Waals surface area contributed by atoms with E-state index in [9.17, 15) is 0 Å². The van der Waals surface area contributed by atoms with Crippen LogP contribution in [0.3, 0.4) is 0 Å². The first-order valence-corrected chi connectivity index (χ1v) is 8.06. The molecule has 1 unspecified atom stereocenters. The van der Waals surface area contributed by atoms with Gasteiger partial charge >= 0.3 is 0 Å². The van der Waals surface area contributed by atoms with Crippen molar-refractivity contribution in [3.63, 3.8) is 0 Å². The lowest BCUT2D eigenvalue weighted by atomic mass is 10.2. The zero-order valence-corrected chi connectivity index (χ0v) is 13.4. The fourth-order valence-corrected chi connectivity index (χ4v) is 2.48. The number of thioether (sulfide) groups is 1. The Morgan fingerprint density at radius 1 is 1.42 bits per heavy atom. The average molecular weight is 298 g/mol. The standard InChI is InChI=1S/C14H22N2OS2/c1-11(10-19-3)16(2)8-9-17-13-6-4-12(5-7-13)14(15)18/h4-7,11H,8-10H2,1-3H3,(H2,15,18). The summed E-state index contributed by atoms with van der Waals surface area (Å²) >= 11 is 6.77. The molecule has 106 valence electrons. The summed E-state index contributed by atoms with van der Waals surface area (Å²) in [6.07, 6.45) is 2.13. The smallest absolute Gasteiger partial charge is 0.119 e. The monoisotopic (exact) mass is 298 g/mol. The Labute approximate surface area is 125 Å². The van der Waals surface area contributed by atoms with Gasteiger partial charge in [-0.2, -0.15) is 11.8 Å². The van der Waals surface area contributed by atoms with Gasteiger partial charge in [-0.15, -0.1) is 0 Å². The number of rotatable bonds is 8. The topological polar surface area (TPSA) is 38.5 Å². The number of nitrogens with two attached hydrogens (primary N) is 1. The fourth-order valence-electron chi connectivity index (χ4n) is 1.61. The maximum absolute atomic E-state index is 5.71. The van der Waals surface area contributed by atoms with Gasteiger partial charge in [0, 0.05) is 23.9 Å². The maximum Gasteiger partial charge on any atom is 0.119 e. The summed E-state index contributed by atoms with van der Waals surface area (Å²) < 4.78 is 5.71. The van der Waals surface area contributed by atoms with Gasteiger partial charge in [-0.25, -0.2) is 0 Å². The van der Waals surface area contributed by atoms with E-state index in [4.69, 9.17) is 22.7 Å². The highest BCUT2D eigenvalue weighted by atomic mass is 32.2. The van der Waals surface area contributed by atoms with E-state index in [-0.39, 0.29) is 0 Å². The molecule has 0 spiro atoms. The molecule has 3 nitrogen and oxygen atoms in total. The van der Waals surface area contributed by atoms with Crippen molar-refractivity contribution in [2.24, 2.45) is 5.73 Å². The van der Waals surface area contributed by atoms with Gasteiger partial charge in [0.1, 0.15) is 17.3 Å². The lowest BCUT2D eigenvalue weighted by molar-refractivity contribution is 0.210. The number of nitrogens with zero attached hydrogens (tertiary/aromatic N) is 1. The van der Waals surface area contributed by atoms with E-state index >= 15 is 0 Å². The highest BCUT2D eigenvalue weighted by molar-refractivity contribution is 7.98. The van der Waals surface area contributed by atoms with Crippen LogP contribution in [0.4, 0.5) is 0 Å². The average Bonchev–Trinajstić information content (AvgIpc) is 2.39. The molecule has 0 saturated carbocycles. The van der Waals surface area contributed by atoms with Crippen LogP contribution < -0.4 is 10.5 Å². The van der Waals surface area contributed by atoms with Crippen molar-refractivity contribution in [3.05, 3.63) is 29.8 Å². The molecule has 0 heterocycles. The molecular weight excluding hydrogens is 276 g/mol. The largest absolute Gasteiger partial charge is 0.492 e. The molecule has 0 bridgehead atoms. The second-order valence-corrected chi connectivity index (χ2v) is 5.87. The van der Waals surface area contributed by atoms with Gasteiger partial charge in [-0.1, -0.05) is 12.2 Å². The van der Waals surface area contributed by atoms with Crippen LogP contribution in [-0.2, 0) is 0 Å². The number of hydrogen-bond acceptors (Lipinski definition) is 4. The number of likely N-dealkylation sites (N-methyl/N-ethyl adjacent to an activating group) is 1. The minimum atomic E-state index is 0.414. The van der Waals surface area contributed by atoms with Crippen molar-refractivity contribution < 1.29 is 4.74 Å². The summed E-state index contributed by atoms with van der Waals surface area (Å²) in [5.41, 5.74) is 6.42. The van der Waals surface area contributed by atoms with Crippen LogP contribution in [-0.4, -0.2) is 48.1 Å². The number of benzene rings is 1. The molecule has 0 radical (unpaired) electrons. The molecular formula is C14H22N2OS2. The number of hydrogen-bond donors (Lipinski definition) is 1. The van der Waals surface area contributed by atoms with E-state index < -0.39 is 0 Å². The summed E-state index contributed by atoms with van der Waals surface area (Å²) in [4.78, 5) is 2.72. The third-order valence-electron chi connectivity index (χ3n) is 3.01. The second kappa shape index (κ2) is 8.40. The van der Waals surface area contributed by atoms with E-state index in [1.54, 1.807) is 0 Å².